The summed E-state index contributed by atoms with van der Waals surface area (Å²) < 4.78 is 2.08. The zero-order chi connectivity index (χ0) is 17.7. The van der Waals surface area contributed by atoms with E-state index in [0.29, 0.717) is 18.8 Å². The number of nitrogens with zero attached hydrogens (tertiary/aromatic N) is 4. The summed E-state index contributed by atoms with van der Waals surface area (Å²) in [6.45, 7) is 4.68. The summed E-state index contributed by atoms with van der Waals surface area (Å²) in [4.78, 5) is 21.2. The molecule has 25 heavy (non-hydrogen) atoms. The van der Waals surface area contributed by atoms with Crippen molar-refractivity contribution in [2.45, 2.75) is 26.3 Å². The van der Waals surface area contributed by atoms with Crippen molar-refractivity contribution in [3.63, 3.8) is 0 Å². The van der Waals surface area contributed by atoms with E-state index in [2.05, 4.69) is 28.4 Å². The van der Waals surface area contributed by atoms with Crippen LogP contribution in [0, 0.1) is 0 Å². The second-order valence-corrected chi connectivity index (χ2v) is 6.53. The van der Waals surface area contributed by atoms with Crippen LogP contribution in [0.1, 0.15) is 25.5 Å². The third kappa shape index (κ3) is 2.31. The van der Waals surface area contributed by atoms with Gasteiger partial charge in [0.2, 0.25) is 0 Å². The lowest BCUT2D eigenvalue weighted by molar-refractivity contribution is 0.202. The van der Waals surface area contributed by atoms with Gasteiger partial charge >= 0.3 is 6.09 Å². The summed E-state index contributed by atoms with van der Waals surface area (Å²) in [5.41, 5.74) is 10.7. The number of amides is 1. The van der Waals surface area contributed by atoms with Crippen molar-refractivity contribution >= 4 is 28.6 Å². The van der Waals surface area contributed by atoms with Crippen LogP contribution in [0.4, 0.5) is 16.3 Å². The highest BCUT2D eigenvalue weighted by Gasteiger charge is 2.25. The van der Waals surface area contributed by atoms with E-state index in [1.165, 1.54) is 11.2 Å². The molecule has 3 aromatic rings. The van der Waals surface area contributed by atoms with Gasteiger partial charge in [-0.1, -0.05) is 6.07 Å². The zero-order valence-corrected chi connectivity index (χ0v) is 14.1. The maximum absolute atomic E-state index is 11.3. The van der Waals surface area contributed by atoms with Crippen LogP contribution < -0.4 is 10.6 Å². The molecule has 0 aliphatic carbocycles. The van der Waals surface area contributed by atoms with Crippen molar-refractivity contribution in [3.05, 3.63) is 36.3 Å². The number of anilines is 2. The second kappa shape index (κ2) is 5.47. The molecular formula is C18H19N5O2. The minimum absolute atomic E-state index is 0.238. The molecule has 1 aliphatic rings. The molecule has 1 aromatic carbocycles. The van der Waals surface area contributed by atoms with Gasteiger partial charge in [-0.3, -0.25) is 4.90 Å². The monoisotopic (exact) mass is 337 g/mol. The summed E-state index contributed by atoms with van der Waals surface area (Å²) in [6.07, 6.45) is 3.32. The van der Waals surface area contributed by atoms with Gasteiger partial charge in [0.05, 0.1) is 11.1 Å². The lowest BCUT2D eigenvalue weighted by Crippen LogP contribution is -2.26. The normalized spacial score (nSPS) is 13.6. The molecule has 0 saturated heterocycles. The first kappa shape index (κ1) is 15.4. The van der Waals surface area contributed by atoms with Gasteiger partial charge in [-0.15, -0.1) is 0 Å². The van der Waals surface area contributed by atoms with Gasteiger partial charge in [-0.25, -0.2) is 14.8 Å². The van der Waals surface area contributed by atoms with Crippen molar-refractivity contribution in [2.75, 3.05) is 17.2 Å². The van der Waals surface area contributed by atoms with Gasteiger partial charge in [0.1, 0.15) is 17.8 Å². The maximum atomic E-state index is 11.3. The predicted octanol–water partition coefficient (Wildman–Crippen LogP) is 3.30. The number of benzene rings is 1. The number of carbonyl (C=O) groups is 1. The van der Waals surface area contributed by atoms with Crippen LogP contribution in [0.25, 0.3) is 22.2 Å². The number of nitrogens with two attached hydrogens (primary N) is 1. The van der Waals surface area contributed by atoms with Gasteiger partial charge in [0.15, 0.2) is 0 Å². The number of carboxylic acid groups (broad SMARTS) is 1. The van der Waals surface area contributed by atoms with E-state index in [1.807, 2.05) is 24.4 Å². The highest BCUT2D eigenvalue weighted by atomic mass is 16.4. The van der Waals surface area contributed by atoms with E-state index >= 15 is 0 Å². The van der Waals surface area contributed by atoms with Crippen molar-refractivity contribution in [3.8, 4) is 11.1 Å². The average Bonchev–Trinajstić information content (AvgIpc) is 3.16. The molecule has 0 saturated carbocycles. The van der Waals surface area contributed by atoms with Gasteiger partial charge in [0.25, 0.3) is 0 Å². The largest absolute Gasteiger partial charge is 0.465 e. The first-order valence-electron chi connectivity index (χ1n) is 8.22. The van der Waals surface area contributed by atoms with Crippen molar-refractivity contribution in [1.29, 1.82) is 0 Å². The summed E-state index contributed by atoms with van der Waals surface area (Å²) >= 11 is 0. The van der Waals surface area contributed by atoms with Gasteiger partial charge in [0, 0.05) is 24.3 Å². The van der Waals surface area contributed by atoms with E-state index in [0.717, 1.165) is 33.4 Å². The topological polar surface area (TPSA) is 97.3 Å². The summed E-state index contributed by atoms with van der Waals surface area (Å²) in [5.74, 6) is 0.451. The highest BCUT2D eigenvalue weighted by molar-refractivity contribution is 6.01. The standard InChI is InChI=1S/C18H19N5O2/c1-10(2)23-8-13(15-16(19)20-9-21-17(15)23)11-3-4-14-12(7-11)5-6-22(14)18(24)25/h3-4,7-10H,5-6H2,1-2H3,(H,24,25)(H2,19,20,21). The molecule has 1 amide bonds. The molecule has 7 heteroatoms. The fourth-order valence-corrected chi connectivity index (χ4v) is 3.49. The summed E-state index contributed by atoms with van der Waals surface area (Å²) in [7, 11) is 0. The van der Waals surface area contributed by atoms with E-state index in [9.17, 15) is 9.90 Å². The first-order valence-corrected chi connectivity index (χ1v) is 8.22. The molecule has 3 heterocycles. The molecule has 7 nitrogen and oxygen atoms in total. The van der Waals surface area contributed by atoms with E-state index in [1.54, 1.807) is 0 Å². The fourth-order valence-electron chi connectivity index (χ4n) is 3.49. The minimum atomic E-state index is -0.916. The molecule has 0 bridgehead atoms. The Balaban J connectivity index is 1.90. The van der Waals surface area contributed by atoms with Crippen LogP contribution in [-0.2, 0) is 6.42 Å². The molecule has 0 unspecified atom stereocenters. The smallest absolute Gasteiger partial charge is 0.411 e. The number of fused-ring (bicyclic) bond motifs is 2. The molecule has 0 fully saturated rings. The Morgan fingerprint density at radius 3 is 2.84 bits per heavy atom. The molecule has 3 N–H and O–H groups in total. The van der Waals surface area contributed by atoms with Crippen molar-refractivity contribution < 1.29 is 9.90 Å². The Bertz CT molecular complexity index is 993. The van der Waals surface area contributed by atoms with Gasteiger partial charge < -0.3 is 15.4 Å². The third-order valence-electron chi connectivity index (χ3n) is 4.71. The Morgan fingerprint density at radius 1 is 1.32 bits per heavy atom. The van der Waals surface area contributed by atoms with Crippen LogP contribution in [0.2, 0.25) is 0 Å². The van der Waals surface area contributed by atoms with Crippen LogP contribution >= 0.6 is 0 Å². The third-order valence-corrected chi connectivity index (χ3v) is 4.71. The number of nitrogen functional groups attached to an aromatic ring is 1. The Kier molecular flexibility index (Phi) is 3.38. The Morgan fingerprint density at radius 2 is 2.12 bits per heavy atom. The van der Waals surface area contributed by atoms with E-state index < -0.39 is 6.09 Å². The van der Waals surface area contributed by atoms with Gasteiger partial charge in [-0.2, -0.15) is 0 Å². The quantitative estimate of drug-likeness (QED) is 0.748. The first-order chi connectivity index (χ1) is 12.0. The van der Waals surface area contributed by atoms with E-state index in [-0.39, 0.29) is 6.04 Å². The fraction of sp³-hybridized carbons (Fsp3) is 0.278. The van der Waals surface area contributed by atoms with Gasteiger partial charge in [-0.05, 0) is 43.5 Å². The average molecular weight is 337 g/mol. The van der Waals surface area contributed by atoms with Crippen molar-refractivity contribution in [2.24, 2.45) is 0 Å². The van der Waals surface area contributed by atoms with Crippen LogP contribution in [0.3, 0.4) is 0 Å². The predicted molar refractivity (Wildman–Crippen MR) is 96.8 cm³/mol. The van der Waals surface area contributed by atoms with E-state index in [4.69, 9.17) is 5.73 Å². The van der Waals surface area contributed by atoms with Crippen LogP contribution in [0.5, 0.6) is 0 Å². The number of hydrogen-bond donors (Lipinski definition) is 2. The second-order valence-electron chi connectivity index (χ2n) is 6.53. The minimum Gasteiger partial charge on any atom is -0.465 e. The maximum Gasteiger partial charge on any atom is 0.411 e. The molecular weight excluding hydrogens is 318 g/mol. The lowest BCUT2D eigenvalue weighted by atomic mass is 10.0. The number of rotatable bonds is 2. The highest BCUT2D eigenvalue weighted by Crippen LogP contribution is 2.37. The molecule has 0 radical (unpaired) electrons. The molecule has 128 valence electrons. The molecule has 0 atom stereocenters. The summed E-state index contributed by atoms with van der Waals surface area (Å²) in [5, 5.41) is 10.1. The Hall–Kier alpha value is -3.09. The lowest BCUT2D eigenvalue weighted by Gasteiger charge is -2.12. The molecule has 4 rings (SSSR count). The Labute approximate surface area is 144 Å². The molecule has 1 aliphatic heterocycles. The number of hydrogen-bond acceptors (Lipinski definition) is 4. The SMILES string of the molecule is CC(C)n1cc(-c2ccc3c(c2)CCN3C(=O)O)c2c(N)ncnc21. The number of aromatic nitrogens is 3. The van der Waals surface area contributed by atoms with Crippen LogP contribution in [0.15, 0.2) is 30.7 Å². The summed E-state index contributed by atoms with van der Waals surface area (Å²) in [6, 6.07) is 6.09. The molecule has 2 aromatic heterocycles. The molecule has 0 spiro atoms. The van der Waals surface area contributed by atoms with Crippen molar-refractivity contribution in [1.82, 2.24) is 14.5 Å². The van der Waals surface area contributed by atoms with Crippen LogP contribution in [-0.4, -0.2) is 32.3 Å². The zero-order valence-electron chi connectivity index (χ0n) is 14.1.